The highest BCUT2D eigenvalue weighted by Gasteiger charge is 2.19. The van der Waals surface area contributed by atoms with Crippen LogP contribution >= 0.6 is 0 Å². The molecule has 0 aliphatic carbocycles. The molecule has 0 spiro atoms. The molecule has 3 aromatic rings. The van der Waals surface area contributed by atoms with E-state index in [-0.39, 0.29) is 5.75 Å². The van der Waals surface area contributed by atoms with Crippen molar-refractivity contribution in [2.24, 2.45) is 0 Å². The summed E-state index contributed by atoms with van der Waals surface area (Å²) in [4.78, 5) is 24.6. The van der Waals surface area contributed by atoms with Crippen molar-refractivity contribution in [1.29, 1.82) is 0 Å². The molecule has 2 aromatic carbocycles. The van der Waals surface area contributed by atoms with Crippen molar-refractivity contribution in [2.45, 2.75) is 20.5 Å². The van der Waals surface area contributed by atoms with Gasteiger partial charge in [-0.05, 0) is 55.8 Å². The van der Waals surface area contributed by atoms with Crippen LogP contribution in [0.5, 0.6) is 5.75 Å². The quantitative estimate of drug-likeness (QED) is 0.304. The van der Waals surface area contributed by atoms with Crippen LogP contribution in [0.15, 0.2) is 66.1 Å². The normalized spacial score (nSPS) is 11.7. The molecule has 0 fully saturated rings. The Hall–Kier alpha value is -3.83. The van der Waals surface area contributed by atoms with Crippen molar-refractivity contribution in [1.82, 2.24) is 9.29 Å². The number of rotatable bonds is 11. The molecule has 36 heavy (non-hydrogen) atoms. The first-order chi connectivity index (χ1) is 17.1. The standard InChI is InChI=1S/C25H24F2N2O6S/c1-17-14-22(18(2)29(17)20-8-10-21(11-9-20)35-25(26)27)23(30)16-34-24(31)15-28-36(32,33)13-12-19-6-4-3-5-7-19/h3-14,25,28H,15-16H2,1-2H3/b13-12+. The zero-order chi connectivity index (χ0) is 26.3. The molecule has 0 atom stereocenters. The summed E-state index contributed by atoms with van der Waals surface area (Å²) in [6, 6.07) is 16.3. The number of nitrogens with zero attached hydrogens (tertiary/aromatic N) is 1. The molecule has 0 unspecified atom stereocenters. The molecule has 0 saturated carbocycles. The summed E-state index contributed by atoms with van der Waals surface area (Å²) >= 11 is 0. The van der Waals surface area contributed by atoms with Crippen LogP contribution in [0, 0.1) is 13.8 Å². The van der Waals surface area contributed by atoms with E-state index in [9.17, 15) is 26.8 Å². The SMILES string of the molecule is Cc1cc(C(=O)COC(=O)CNS(=O)(=O)/C=C/c2ccccc2)c(C)n1-c1ccc(OC(F)F)cc1. The van der Waals surface area contributed by atoms with Crippen LogP contribution in [0.3, 0.4) is 0 Å². The van der Waals surface area contributed by atoms with Gasteiger partial charge in [0.05, 0.1) is 0 Å². The summed E-state index contributed by atoms with van der Waals surface area (Å²) in [5, 5.41) is 0.932. The maximum Gasteiger partial charge on any atom is 0.387 e. The second kappa shape index (κ2) is 11.7. The van der Waals surface area contributed by atoms with E-state index in [1.807, 2.05) is 0 Å². The van der Waals surface area contributed by atoms with E-state index in [1.165, 1.54) is 18.2 Å². The summed E-state index contributed by atoms with van der Waals surface area (Å²) < 4.78 is 61.9. The molecule has 3 rings (SSSR count). The van der Waals surface area contributed by atoms with Gasteiger partial charge in [-0.2, -0.15) is 8.78 Å². The first-order valence-electron chi connectivity index (χ1n) is 10.7. The van der Waals surface area contributed by atoms with Crippen molar-refractivity contribution in [3.63, 3.8) is 0 Å². The fourth-order valence-corrected chi connectivity index (χ4v) is 4.19. The molecule has 1 heterocycles. The number of benzene rings is 2. The Bertz CT molecular complexity index is 1350. The molecule has 0 saturated heterocycles. The van der Waals surface area contributed by atoms with Crippen LogP contribution < -0.4 is 9.46 Å². The number of carbonyl (C=O) groups is 2. The topological polar surface area (TPSA) is 104 Å². The third kappa shape index (κ3) is 7.33. The smallest absolute Gasteiger partial charge is 0.387 e. The Labute approximate surface area is 207 Å². The number of sulfonamides is 1. The second-order valence-electron chi connectivity index (χ2n) is 7.66. The number of aryl methyl sites for hydroxylation is 1. The number of carbonyl (C=O) groups excluding carboxylic acids is 2. The molecule has 0 aliphatic heterocycles. The van der Waals surface area contributed by atoms with Gasteiger partial charge in [-0.1, -0.05) is 30.3 Å². The fourth-order valence-electron chi connectivity index (χ4n) is 3.43. The number of esters is 1. The molecule has 0 radical (unpaired) electrons. The van der Waals surface area contributed by atoms with Crippen LogP contribution in [0.2, 0.25) is 0 Å². The second-order valence-corrected chi connectivity index (χ2v) is 9.31. The number of hydrogen-bond acceptors (Lipinski definition) is 6. The van der Waals surface area contributed by atoms with Crippen molar-refractivity contribution in [3.8, 4) is 11.4 Å². The average molecular weight is 519 g/mol. The van der Waals surface area contributed by atoms with Crippen LogP contribution in [0.25, 0.3) is 11.8 Å². The summed E-state index contributed by atoms with van der Waals surface area (Å²) in [7, 11) is -3.89. The van der Waals surface area contributed by atoms with Gasteiger partial charge in [0, 0.05) is 28.0 Å². The lowest BCUT2D eigenvalue weighted by atomic mass is 10.1. The number of ketones is 1. The Morgan fingerprint density at radius 1 is 1.06 bits per heavy atom. The highest BCUT2D eigenvalue weighted by atomic mass is 32.2. The Morgan fingerprint density at radius 2 is 1.72 bits per heavy atom. The number of halogens is 2. The van der Waals surface area contributed by atoms with E-state index < -0.39 is 41.5 Å². The van der Waals surface area contributed by atoms with Gasteiger partial charge in [0.2, 0.25) is 15.8 Å². The first kappa shape index (κ1) is 26.8. The number of nitrogens with one attached hydrogen (secondary N) is 1. The minimum atomic E-state index is -3.89. The molecule has 190 valence electrons. The molecule has 11 heteroatoms. The zero-order valence-corrected chi connectivity index (χ0v) is 20.3. The van der Waals surface area contributed by atoms with Crippen molar-refractivity contribution in [2.75, 3.05) is 13.2 Å². The van der Waals surface area contributed by atoms with Gasteiger partial charge in [-0.15, -0.1) is 0 Å². The average Bonchev–Trinajstić information content (AvgIpc) is 3.14. The van der Waals surface area contributed by atoms with E-state index in [0.29, 0.717) is 28.2 Å². The van der Waals surface area contributed by atoms with Crippen molar-refractivity contribution < 1.29 is 36.3 Å². The lowest BCUT2D eigenvalue weighted by molar-refractivity contribution is -0.141. The molecule has 1 aromatic heterocycles. The molecule has 0 bridgehead atoms. The van der Waals surface area contributed by atoms with E-state index >= 15 is 0 Å². The van der Waals surface area contributed by atoms with Gasteiger partial charge in [-0.25, -0.2) is 13.1 Å². The van der Waals surface area contributed by atoms with Crippen molar-refractivity contribution in [3.05, 3.63) is 88.6 Å². The minimum Gasteiger partial charge on any atom is -0.456 e. The monoisotopic (exact) mass is 518 g/mol. The van der Waals surface area contributed by atoms with Gasteiger partial charge in [0.25, 0.3) is 0 Å². The van der Waals surface area contributed by atoms with Gasteiger partial charge in [0.1, 0.15) is 12.3 Å². The first-order valence-corrected chi connectivity index (χ1v) is 12.3. The number of hydrogen-bond donors (Lipinski definition) is 1. The van der Waals surface area contributed by atoms with E-state index in [4.69, 9.17) is 4.74 Å². The largest absolute Gasteiger partial charge is 0.456 e. The molecular weight excluding hydrogens is 494 g/mol. The maximum absolute atomic E-state index is 12.7. The number of ether oxygens (including phenoxy) is 2. The number of Topliss-reactive ketones (excluding diaryl/α,β-unsaturated/α-hetero) is 1. The van der Waals surface area contributed by atoms with Gasteiger partial charge in [-0.3, -0.25) is 9.59 Å². The molecule has 1 N–H and O–H groups in total. The third-order valence-corrected chi connectivity index (χ3v) is 6.11. The molecular formula is C25H24F2N2O6S. The van der Waals surface area contributed by atoms with Crippen LogP contribution in [-0.2, 0) is 19.6 Å². The summed E-state index contributed by atoms with van der Waals surface area (Å²) in [5.41, 5.74) is 2.86. The summed E-state index contributed by atoms with van der Waals surface area (Å²) in [6.45, 7) is -0.693. The summed E-state index contributed by atoms with van der Waals surface area (Å²) in [6.07, 6.45) is 1.38. The zero-order valence-electron chi connectivity index (χ0n) is 19.5. The summed E-state index contributed by atoms with van der Waals surface area (Å²) in [5.74, 6) is -1.39. The van der Waals surface area contributed by atoms with E-state index in [0.717, 1.165) is 5.41 Å². The highest BCUT2D eigenvalue weighted by molar-refractivity contribution is 7.92. The maximum atomic E-state index is 12.7. The Kier molecular flexibility index (Phi) is 8.73. The Morgan fingerprint density at radius 3 is 2.36 bits per heavy atom. The van der Waals surface area contributed by atoms with Crippen LogP contribution in [-0.4, -0.2) is 44.5 Å². The van der Waals surface area contributed by atoms with E-state index in [2.05, 4.69) is 9.46 Å². The van der Waals surface area contributed by atoms with E-state index in [1.54, 1.807) is 66.9 Å². The Balaban J connectivity index is 1.57. The molecule has 0 aliphatic rings. The molecule has 0 amide bonds. The van der Waals surface area contributed by atoms with Crippen molar-refractivity contribution >= 4 is 27.9 Å². The minimum absolute atomic E-state index is 0.00519. The van der Waals surface area contributed by atoms with Gasteiger partial charge < -0.3 is 14.0 Å². The highest BCUT2D eigenvalue weighted by Crippen LogP contribution is 2.24. The third-order valence-electron chi connectivity index (χ3n) is 5.07. The fraction of sp³-hybridized carbons (Fsp3) is 0.200. The lowest BCUT2D eigenvalue weighted by Crippen LogP contribution is -2.30. The van der Waals surface area contributed by atoms with Crippen LogP contribution in [0.1, 0.15) is 27.3 Å². The predicted octanol–water partition coefficient (Wildman–Crippen LogP) is 4.01. The number of aromatic nitrogens is 1. The predicted molar refractivity (Wildman–Crippen MR) is 130 cm³/mol. The van der Waals surface area contributed by atoms with Gasteiger partial charge >= 0.3 is 12.6 Å². The molecule has 8 nitrogen and oxygen atoms in total. The van der Waals surface area contributed by atoms with Crippen LogP contribution in [0.4, 0.5) is 8.78 Å². The van der Waals surface area contributed by atoms with Gasteiger partial charge in [0.15, 0.2) is 6.61 Å². The number of alkyl halides is 2. The lowest BCUT2D eigenvalue weighted by Gasteiger charge is -2.11.